The first-order valence-electron chi connectivity index (χ1n) is 12.7. The number of piperidine rings is 1. The molecule has 202 valence electrons. The van der Waals surface area contributed by atoms with E-state index in [-0.39, 0.29) is 23.2 Å². The molecule has 3 atom stereocenters. The Morgan fingerprint density at radius 2 is 2.05 bits per heavy atom. The minimum Gasteiger partial charge on any atom is -0.391 e. The third kappa shape index (κ3) is 5.15. The van der Waals surface area contributed by atoms with Crippen molar-refractivity contribution in [1.29, 1.82) is 5.41 Å². The van der Waals surface area contributed by atoms with Gasteiger partial charge in [-0.15, -0.1) is 0 Å². The number of hydrogen-bond donors (Lipinski definition) is 2. The molecule has 1 aromatic carbocycles. The fourth-order valence-corrected chi connectivity index (χ4v) is 7.15. The van der Waals surface area contributed by atoms with Gasteiger partial charge in [-0.05, 0) is 61.7 Å². The summed E-state index contributed by atoms with van der Waals surface area (Å²) >= 11 is 0. The van der Waals surface area contributed by atoms with Crippen LogP contribution in [-0.2, 0) is 14.8 Å². The number of anilines is 1. The number of ether oxygens (including phenoxy) is 1. The van der Waals surface area contributed by atoms with Crippen molar-refractivity contribution in [3.8, 4) is 0 Å². The highest BCUT2D eigenvalue weighted by Gasteiger charge is 2.47. The number of allylic oxidation sites excluding steroid dienone is 1. The summed E-state index contributed by atoms with van der Waals surface area (Å²) in [5.74, 6) is -0.0282. The summed E-state index contributed by atoms with van der Waals surface area (Å²) < 4.78 is 47.7. The van der Waals surface area contributed by atoms with Crippen LogP contribution in [0.1, 0.15) is 19.3 Å². The van der Waals surface area contributed by atoms with E-state index in [9.17, 15) is 17.9 Å². The van der Waals surface area contributed by atoms with Crippen molar-refractivity contribution in [1.82, 2.24) is 9.29 Å². The van der Waals surface area contributed by atoms with Gasteiger partial charge in [-0.1, -0.05) is 5.57 Å². The Morgan fingerprint density at radius 1 is 1.26 bits per heavy atom. The van der Waals surface area contributed by atoms with Crippen LogP contribution >= 0.6 is 0 Å². The Kier molecular flexibility index (Phi) is 7.45. The molecule has 3 unspecified atom stereocenters. The summed E-state index contributed by atoms with van der Waals surface area (Å²) in [5.41, 5.74) is 1.76. The van der Waals surface area contributed by atoms with Crippen molar-refractivity contribution >= 4 is 33.5 Å². The molecule has 0 amide bonds. The Balaban J connectivity index is 1.41. The van der Waals surface area contributed by atoms with Crippen LogP contribution in [0.3, 0.4) is 0 Å². The average Bonchev–Trinajstić information content (AvgIpc) is 3.36. The van der Waals surface area contributed by atoms with E-state index in [0.29, 0.717) is 62.7 Å². The Hall–Kier alpha value is -2.99. The molecule has 1 aromatic heterocycles. The molecule has 2 saturated heterocycles. The summed E-state index contributed by atoms with van der Waals surface area (Å²) in [7, 11) is -2.22. The number of sulfonamides is 1. The van der Waals surface area contributed by atoms with Gasteiger partial charge < -0.3 is 20.2 Å². The molecule has 0 saturated carbocycles. The van der Waals surface area contributed by atoms with Crippen LogP contribution in [0, 0.1) is 22.6 Å². The molecule has 9 nitrogen and oxygen atoms in total. The number of rotatable bonds is 7. The maximum Gasteiger partial charge on any atom is 0.244 e. The second kappa shape index (κ2) is 10.6. The smallest absolute Gasteiger partial charge is 0.244 e. The molecule has 2 aliphatic heterocycles. The molecule has 38 heavy (non-hydrogen) atoms. The first-order valence-corrected chi connectivity index (χ1v) is 14.1. The largest absolute Gasteiger partial charge is 0.391 e. The normalized spacial score (nSPS) is 27.3. The van der Waals surface area contributed by atoms with E-state index in [1.165, 1.54) is 28.8 Å². The molecule has 0 spiro atoms. The summed E-state index contributed by atoms with van der Waals surface area (Å²) in [6.07, 6.45) is 5.95. The van der Waals surface area contributed by atoms with Crippen LogP contribution in [0.4, 0.5) is 15.9 Å². The minimum atomic E-state index is -3.81. The Bertz CT molecular complexity index is 1350. The molecule has 11 heteroatoms. The van der Waals surface area contributed by atoms with E-state index in [1.54, 1.807) is 31.4 Å². The van der Waals surface area contributed by atoms with Gasteiger partial charge in [0.1, 0.15) is 16.5 Å². The van der Waals surface area contributed by atoms with Gasteiger partial charge in [-0.2, -0.15) is 4.31 Å². The number of aliphatic imine (C=N–C) groups is 1. The zero-order chi connectivity index (χ0) is 26.9. The van der Waals surface area contributed by atoms with Crippen LogP contribution in [0.25, 0.3) is 0 Å². The summed E-state index contributed by atoms with van der Waals surface area (Å²) in [6, 6.07) is 9.16. The number of fused-ring (bicyclic) bond motifs is 1. The fraction of sp³-hybridized carbons (Fsp3) is 0.444. The lowest BCUT2D eigenvalue weighted by molar-refractivity contribution is 0.0636. The van der Waals surface area contributed by atoms with Crippen LogP contribution in [0.15, 0.2) is 64.1 Å². The fourth-order valence-electron chi connectivity index (χ4n) is 5.67. The van der Waals surface area contributed by atoms with E-state index >= 15 is 0 Å². The molecule has 5 rings (SSSR count). The number of aliphatic hydroxyl groups excluding tert-OH is 1. The average molecular weight is 542 g/mol. The minimum absolute atomic E-state index is 0.124. The summed E-state index contributed by atoms with van der Waals surface area (Å²) in [5, 5.41) is 17.9. The van der Waals surface area contributed by atoms with Crippen LogP contribution < -0.4 is 4.90 Å². The number of methoxy groups -OCH3 is 1. The number of nitrogens with zero attached hydrogens (tertiary/aromatic N) is 4. The SMILES string of the molecule is COCC12CC(C=N)C(=Nc3ccc(F)cc3)C=C1CCN(S(=O)(=O)c1ccc(N3CCC(O)C3)nc1)C2. The predicted octanol–water partition coefficient (Wildman–Crippen LogP) is 3.19. The van der Waals surface area contributed by atoms with Gasteiger partial charge >= 0.3 is 0 Å². The zero-order valence-electron chi connectivity index (χ0n) is 21.3. The van der Waals surface area contributed by atoms with Crippen molar-refractivity contribution in [2.45, 2.75) is 30.3 Å². The highest BCUT2D eigenvalue weighted by molar-refractivity contribution is 7.89. The molecule has 1 aliphatic carbocycles. The first-order chi connectivity index (χ1) is 18.2. The number of aromatic nitrogens is 1. The van der Waals surface area contributed by atoms with Crippen molar-refractivity contribution in [2.24, 2.45) is 16.3 Å². The molecule has 2 aromatic rings. The second-order valence-electron chi connectivity index (χ2n) is 10.2. The number of hydrogen-bond acceptors (Lipinski definition) is 8. The third-order valence-electron chi connectivity index (χ3n) is 7.66. The second-order valence-corrected chi connectivity index (χ2v) is 12.1. The van der Waals surface area contributed by atoms with E-state index in [2.05, 4.69) is 9.98 Å². The lowest BCUT2D eigenvalue weighted by atomic mass is 9.66. The number of pyridine rings is 1. The van der Waals surface area contributed by atoms with Crippen LogP contribution in [0.5, 0.6) is 0 Å². The van der Waals surface area contributed by atoms with Crippen LogP contribution in [-0.4, -0.2) is 80.7 Å². The molecule has 2 N–H and O–H groups in total. The lowest BCUT2D eigenvalue weighted by Gasteiger charge is -2.47. The lowest BCUT2D eigenvalue weighted by Crippen LogP contribution is -2.52. The van der Waals surface area contributed by atoms with E-state index in [4.69, 9.17) is 10.1 Å². The van der Waals surface area contributed by atoms with Gasteiger partial charge in [-0.25, -0.2) is 17.8 Å². The third-order valence-corrected chi connectivity index (χ3v) is 9.48. The molecule has 3 heterocycles. The molecule has 0 radical (unpaired) electrons. The number of β-amino-alcohol motifs (C(OH)–C–C–N with tert-alkyl or cyclic N) is 1. The molecule has 2 fully saturated rings. The van der Waals surface area contributed by atoms with Gasteiger partial charge in [0.25, 0.3) is 0 Å². The van der Waals surface area contributed by atoms with E-state index in [0.717, 1.165) is 5.57 Å². The van der Waals surface area contributed by atoms with Gasteiger partial charge in [0.05, 0.1) is 18.4 Å². The maximum atomic E-state index is 13.6. The maximum absolute atomic E-state index is 13.6. The number of halogens is 1. The van der Waals surface area contributed by atoms with Gasteiger partial charge in [0.15, 0.2) is 0 Å². The highest BCUT2D eigenvalue weighted by atomic mass is 32.2. The monoisotopic (exact) mass is 541 g/mol. The predicted molar refractivity (Wildman–Crippen MR) is 143 cm³/mol. The highest BCUT2D eigenvalue weighted by Crippen LogP contribution is 2.45. The number of nitrogens with one attached hydrogen (secondary N) is 1. The van der Waals surface area contributed by atoms with Gasteiger partial charge in [0, 0.05) is 62.7 Å². The topological polar surface area (TPSA) is 119 Å². The molecular formula is C27H32FN5O4S. The van der Waals surface area contributed by atoms with Crippen molar-refractivity contribution in [3.05, 3.63) is 60.1 Å². The van der Waals surface area contributed by atoms with E-state index in [1.807, 2.05) is 11.0 Å². The molecule has 0 bridgehead atoms. The number of aliphatic hydroxyl groups is 1. The zero-order valence-corrected chi connectivity index (χ0v) is 22.1. The summed E-state index contributed by atoms with van der Waals surface area (Å²) in [6.45, 7) is 2.01. The first kappa shape index (κ1) is 26.6. The van der Waals surface area contributed by atoms with Crippen molar-refractivity contribution < 1.29 is 22.7 Å². The summed E-state index contributed by atoms with van der Waals surface area (Å²) in [4.78, 5) is 11.1. The van der Waals surface area contributed by atoms with E-state index < -0.39 is 21.5 Å². The van der Waals surface area contributed by atoms with Gasteiger partial charge in [0.2, 0.25) is 10.0 Å². The van der Waals surface area contributed by atoms with Crippen LogP contribution in [0.2, 0.25) is 0 Å². The van der Waals surface area contributed by atoms with Gasteiger partial charge in [-0.3, -0.25) is 4.99 Å². The Labute approximate surface area is 222 Å². The standard InChI is InChI=1S/C27H32FN5O4S/c1-37-18-27-13-19(14-29)25(31-22-4-2-21(28)3-5-22)12-20(27)8-11-33(17-27)38(35,36)24-6-7-26(30-15-24)32-10-9-23(34)16-32/h2-7,12,14-15,19,23,29,34H,8-11,13,16-18H2,1H3. The van der Waals surface area contributed by atoms with Crippen molar-refractivity contribution in [3.63, 3.8) is 0 Å². The quantitative estimate of drug-likeness (QED) is 0.520. The number of benzene rings is 1. The molecular weight excluding hydrogens is 509 g/mol. The molecule has 3 aliphatic rings. The Morgan fingerprint density at radius 3 is 2.68 bits per heavy atom. The van der Waals surface area contributed by atoms with Crippen molar-refractivity contribution in [2.75, 3.05) is 44.8 Å².